The van der Waals surface area contributed by atoms with E-state index in [-0.39, 0.29) is 11.6 Å². The van der Waals surface area contributed by atoms with Crippen molar-refractivity contribution in [1.29, 1.82) is 0 Å². The van der Waals surface area contributed by atoms with Crippen LogP contribution < -0.4 is 0 Å². The SMILES string of the molecule is CN(C)C(C)(C)C(O)CCCCC1CCOCC1. The molecule has 1 unspecified atom stereocenters. The lowest BCUT2D eigenvalue weighted by Crippen LogP contribution is -2.48. The molecule has 0 saturated carbocycles. The molecule has 0 bridgehead atoms. The third-order valence-electron chi connectivity index (χ3n) is 4.65. The van der Waals surface area contributed by atoms with Crippen LogP contribution in [0.4, 0.5) is 0 Å². The van der Waals surface area contributed by atoms with Gasteiger partial charge in [0.2, 0.25) is 0 Å². The molecule has 3 nitrogen and oxygen atoms in total. The molecule has 1 heterocycles. The van der Waals surface area contributed by atoms with Crippen molar-refractivity contribution in [3.63, 3.8) is 0 Å². The molecule has 1 atom stereocenters. The fraction of sp³-hybridized carbons (Fsp3) is 1.00. The van der Waals surface area contributed by atoms with Crippen molar-refractivity contribution in [2.24, 2.45) is 5.92 Å². The Morgan fingerprint density at radius 3 is 2.39 bits per heavy atom. The van der Waals surface area contributed by atoms with Gasteiger partial charge in [-0.25, -0.2) is 0 Å². The van der Waals surface area contributed by atoms with E-state index in [1.165, 1.54) is 25.7 Å². The average Bonchev–Trinajstić information content (AvgIpc) is 2.35. The Kier molecular flexibility index (Phi) is 6.61. The fourth-order valence-corrected chi connectivity index (χ4v) is 2.46. The number of hydrogen-bond donors (Lipinski definition) is 1. The molecule has 0 aliphatic carbocycles. The lowest BCUT2D eigenvalue weighted by Gasteiger charge is -2.37. The van der Waals surface area contributed by atoms with E-state index >= 15 is 0 Å². The van der Waals surface area contributed by atoms with E-state index in [9.17, 15) is 5.11 Å². The third-order valence-corrected chi connectivity index (χ3v) is 4.65. The van der Waals surface area contributed by atoms with Gasteiger partial charge in [-0.2, -0.15) is 0 Å². The summed E-state index contributed by atoms with van der Waals surface area (Å²) in [7, 11) is 4.07. The number of hydrogen-bond acceptors (Lipinski definition) is 3. The first-order chi connectivity index (χ1) is 8.44. The second-order valence-electron chi connectivity index (χ2n) is 6.40. The van der Waals surface area contributed by atoms with E-state index in [1.807, 2.05) is 14.1 Å². The van der Waals surface area contributed by atoms with Crippen molar-refractivity contribution < 1.29 is 9.84 Å². The van der Waals surface area contributed by atoms with Gasteiger partial charge in [0, 0.05) is 18.8 Å². The van der Waals surface area contributed by atoms with Crippen molar-refractivity contribution in [3.8, 4) is 0 Å². The Morgan fingerprint density at radius 2 is 1.83 bits per heavy atom. The van der Waals surface area contributed by atoms with E-state index < -0.39 is 0 Å². The summed E-state index contributed by atoms with van der Waals surface area (Å²) in [6.45, 7) is 6.11. The lowest BCUT2D eigenvalue weighted by atomic mass is 9.89. The number of likely N-dealkylation sites (N-methyl/N-ethyl adjacent to an activating group) is 1. The monoisotopic (exact) mass is 257 g/mol. The van der Waals surface area contributed by atoms with Gasteiger partial charge in [0.1, 0.15) is 0 Å². The van der Waals surface area contributed by atoms with Crippen LogP contribution in [-0.4, -0.2) is 49.0 Å². The Labute approximate surface area is 113 Å². The highest BCUT2D eigenvalue weighted by atomic mass is 16.5. The van der Waals surface area contributed by atoms with Crippen LogP contribution in [-0.2, 0) is 4.74 Å². The molecular formula is C15H31NO2. The summed E-state index contributed by atoms with van der Waals surface area (Å²) in [5.74, 6) is 0.859. The van der Waals surface area contributed by atoms with E-state index in [0.29, 0.717) is 0 Å². The van der Waals surface area contributed by atoms with Gasteiger partial charge in [-0.15, -0.1) is 0 Å². The molecular weight excluding hydrogens is 226 g/mol. The molecule has 0 radical (unpaired) electrons. The normalized spacial score (nSPS) is 20.3. The van der Waals surface area contributed by atoms with Crippen LogP contribution >= 0.6 is 0 Å². The molecule has 0 aromatic rings. The first-order valence-corrected chi connectivity index (χ1v) is 7.38. The average molecular weight is 257 g/mol. The fourth-order valence-electron chi connectivity index (χ4n) is 2.46. The van der Waals surface area contributed by atoms with E-state index in [4.69, 9.17) is 4.74 Å². The van der Waals surface area contributed by atoms with Crippen LogP contribution in [0.15, 0.2) is 0 Å². The van der Waals surface area contributed by atoms with Crippen molar-refractivity contribution in [2.45, 2.75) is 64.0 Å². The topological polar surface area (TPSA) is 32.7 Å². The van der Waals surface area contributed by atoms with Gasteiger partial charge >= 0.3 is 0 Å². The number of ether oxygens (including phenoxy) is 1. The van der Waals surface area contributed by atoms with Crippen LogP contribution in [0.3, 0.4) is 0 Å². The van der Waals surface area contributed by atoms with Crippen molar-refractivity contribution >= 4 is 0 Å². The van der Waals surface area contributed by atoms with Gasteiger partial charge in [-0.05, 0) is 53.1 Å². The molecule has 1 aliphatic rings. The molecule has 0 spiro atoms. The van der Waals surface area contributed by atoms with Crippen LogP contribution in [0.1, 0.15) is 52.4 Å². The Balaban J connectivity index is 2.13. The van der Waals surface area contributed by atoms with Crippen LogP contribution in [0.2, 0.25) is 0 Å². The van der Waals surface area contributed by atoms with Gasteiger partial charge in [-0.3, -0.25) is 0 Å². The highest BCUT2D eigenvalue weighted by Crippen LogP contribution is 2.24. The van der Waals surface area contributed by atoms with Gasteiger partial charge in [0.05, 0.1) is 6.10 Å². The van der Waals surface area contributed by atoms with E-state index in [2.05, 4.69) is 18.7 Å². The minimum atomic E-state index is -0.234. The number of unbranched alkanes of at least 4 members (excludes halogenated alkanes) is 1. The number of aliphatic hydroxyl groups excluding tert-OH is 1. The zero-order valence-electron chi connectivity index (χ0n) is 12.6. The lowest BCUT2D eigenvalue weighted by molar-refractivity contribution is 0.0102. The summed E-state index contributed by atoms with van der Waals surface area (Å²) in [6.07, 6.45) is 6.81. The third kappa shape index (κ3) is 4.87. The predicted octanol–water partition coefficient (Wildman–Crippen LogP) is 2.67. The molecule has 0 aromatic heterocycles. The molecule has 1 rings (SSSR count). The highest BCUT2D eigenvalue weighted by molar-refractivity contribution is 4.85. The number of aliphatic hydroxyl groups is 1. The zero-order chi connectivity index (χ0) is 13.6. The smallest absolute Gasteiger partial charge is 0.0718 e. The predicted molar refractivity (Wildman–Crippen MR) is 75.8 cm³/mol. The molecule has 1 aliphatic heterocycles. The summed E-state index contributed by atoms with van der Waals surface area (Å²) in [5, 5.41) is 10.2. The molecule has 18 heavy (non-hydrogen) atoms. The Morgan fingerprint density at radius 1 is 1.22 bits per heavy atom. The summed E-state index contributed by atoms with van der Waals surface area (Å²) in [6, 6.07) is 0. The zero-order valence-corrected chi connectivity index (χ0v) is 12.6. The first-order valence-electron chi connectivity index (χ1n) is 7.38. The quantitative estimate of drug-likeness (QED) is 0.712. The molecule has 0 aromatic carbocycles. The van der Waals surface area contributed by atoms with E-state index in [1.54, 1.807) is 0 Å². The van der Waals surface area contributed by atoms with Gasteiger partial charge < -0.3 is 14.7 Å². The van der Waals surface area contributed by atoms with Gasteiger partial charge in [0.15, 0.2) is 0 Å². The largest absolute Gasteiger partial charge is 0.391 e. The Hall–Kier alpha value is -0.120. The van der Waals surface area contributed by atoms with E-state index in [0.717, 1.165) is 32.0 Å². The summed E-state index contributed by atoms with van der Waals surface area (Å²) in [5.41, 5.74) is -0.126. The summed E-state index contributed by atoms with van der Waals surface area (Å²) < 4.78 is 5.37. The Bertz CT molecular complexity index is 223. The number of rotatable bonds is 7. The van der Waals surface area contributed by atoms with Crippen molar-refractivity contribution in [3.05, 3.63) is 0 Å². The first kappa shape index (κ1) is 15.9. The molecule has 1 saturated heterocycles. The van der Waals surface area contributed by atoms with Gasteiger partial charge in [-0.1, -0.05) is 19.3 Å². The molecule has 0 amide bonds. The maximum absolute atomic E-state index is 10.2. The van der Waals surface area contributed by atoms with Crippen LogP contribution in [0, 0.1) is 5.92 Å². The maximum atomic E-state index is 10.2. The van der Waals surface area contributed by atoms with Crippen molar-refractivity contribution in [2.75, 3.05) is 27.3 Å². The standard InChI is InChI=1S/C15H31NO2/c1-15(2,16(3)4)14(17)8-6-5-7-13-9-11-18-12-10-13/h13-14,17H,5-12H2,1-4H3. The van der Waals surface area contributed by atoms with Crippen LogP contribution in [0.5, 0.6) is 0 Å². The summed E-state index contributed by atoms with van der Waals surface area (Å²) in [4.78, 5) is 2.11. The van der Waals surface area contributed by atoms with Crippen molar-refractivity contribution in [1.82, 2.24) is 4.90 Å². The maximum Gasteiger partial charge on any atom is 0.0718 e. The number of nitrogens with zero attached hydrogens (tertiary/aromatic N) is 1. The second kappa shape index (κ2) is 7.46. The minimum Gasteiger partial charge on any atom is -0.391 e. The second-order valence-corrected chi connectivity index (χ2v) is 6.40. The summed E-state index contributed by atoms with van der Waals surface area (Å²) >= 11 is 0. The highest BCUT2D eigenvalue weighted by Gasteiger charge is 2.29. The minimum absolute atomic E-state index is 0.126. The molecule has 108 valence electrons. The van der Waals surface area contributed by atoms with Crippen LogP contribution in [0.25, 0.3) is 0 Å². The molecule has 1 fully saturated rings. The van der Waals surface area contributed by atoms with Gasteiger partial charge in [0.25, 0.3) is 0 Å². The molecule has 1 N–H and O–H groups in total. The molecule has 3 heteroatoms.